The van der Waals surface area contributed by atoms with Gasteiger partial charge in [-0.05, 0) is 19.9 Å². The summed E-state index contributed by atoms with van der Waals surface area (Å²) in [6.45, 7) is 2.17. The lowest BCUT2D eigenvalue weighted by molar-refractivity contribution is -0.139. The molecule has 1 aromatic carbocycles. The zero-order chi connectivity index (χ0) is 13.7. The Morgan fingerprint density at radius 2 is 1.89 bits per heavy atom. The zero-order valence-electron chi connectivity index (χ0n) is 9.48. The van der Waals surface area contributed by atoms with Crippen molar-refractivity contribution in [2.24, 2.45) is 0 Å². The zero-order valence-corrected chi connectivity index (χ0v) is 9.48. The van der Waals surface area contributed by atoms with Crippen molar-refractivity contribution in [2.45, 2.75) is 25.6 Å². The van der Waals surface area contributed by atoms with Gasteiger partial charge in [-0.1, -0.05) is 0 Å². The maximum absolute atomic E-state index is 13.8. The number of aromatic amines is 1. The number of nitrogens with one attached hydrogen (secondary N) is 1. The smallest absolute Gasteiger partial charge is 0.386 e. The number of H-pyrrole nitrogens is 1. The molecule has 0 atom stereocenters. The molecule has 1 aromatic heterocycles. The van der Waals surface area contributed by atoms with Crippen LogP contribution in [0.4, 0.5) is 17.6 Å². The summed E-state index contributed by atoms with van der Waals surface area (Å²) in [7, 11) is 0. The highest BCUT2D eigenvalue weighted by molar-refractivity contribution is 5.80. The van der Waals surface area contributed by atoms with Crippen LogP contribution in [0.1, 0.15) is 25.0 Å². The standard InChI is InChI=1S/C11H9F4N2O/c1-10(2,18)7-5(12)3-6-9(17-4-16-6)8(7)11(13,14)15/h3,18H,1-2H3,(H,16,17). The van der Waals surface area contributed by atoms with Gasteiger partial charge in [-0.25, -0.2) is 9.37 Å². The minimum atomic E-state index is -4.82. The Kier molecular flexibility index (Phi) is 2.62. The van der Waals surface area contributed by atoms with E-state index in [0.29, 0.717) is 0 Å². The molecule has 0 aliphatic carbocycles. The molecule has 1 heterocycles. The predicted molar refractivity (Wildman–Crippen MR) is 55.1 cm³/mol. The third-order valence-electron chi connectivity index (χ3n) is 2.51. The number of halogens is 4. The number of benzene rings is 1. The number of hydrogen-bond acceptors (Lipinski definition) is 2. The Bertz CT molecular complexity index is 595. The molecule has 0 saturated carbocycles. The summed E-state index contributed by atoms with van der Waals surface area (Å²) < 4.78 is 52.8. The Balaban J connectivity index is 2.95. The topological polar surface area (TPSA) is 48.9 Å². The number of hydrogen-bond donors (Lipinski definition) is 2. The third-order valence-corrected chi connectivity index (χ3v) is 2.51. The van der Waals surface area contributed by atoms with Crippen molar-refractivity contribution in [1.29, 1.82) is 0 Å². The largest absolute Gasteiger partial charge is 0.419 e. The van der Waals surface area contributed by atoms with Gasteiger partial charge in [-0.2, -0.15) is 13.2 Å². The second-order valence-corrected chi connectivity index (χ2v) is 4.41. The number of nitrogens with zero attached hydrogens (tertiary/aromatic N) is 1. The molecule has 2 aromatic rings. The van der Waals surface area contributed by atoms with Crippen LogP contribution in [0.2, 0.25) is 0 Å². The SMILES string of the molecule is CC(C)(O)c1c(F)cc2[nH][c]nc2c1C(F)(F)F. The van der Waals surface area contributed by atoms with Crippen molar-refractivity contribution in [3.8, 4) is 0 Å². The molecule has 7 heteroatoms. The van der Waals surface area contributed by atoms with E-state index in [1.165, 1.54) is 0 Å². The lowest BCUT2D eigenvalue weighted by Crippen LogP contribution is -2.24. The molecule has 18 heavy (non-hydrogen) atoms. The first kappa shape index (κ1) is 12.8. The van der Waals surface area contributed by atoms with Crippen LogP contribution in [0, 0.1) is 12.1 Å². The molecule has 0 bridgehead atoms. The highest BCUT2D eigenvalue weighted by Gasteiger charge is 2.42. The van der Waals surface area contributed by atoms with E-state index in [9.17, 15) is 22.7 Å². The maximum atomic E-state index is 13.8. The molecule has 0 saturated heterocycles. The average Bonchev–Trinajstić information content (AvgIpc) is 2.58. The van der Waals surface area contributed by atoms with Crippen LogP contribution in [0.15, 0.2) is 6.07 Å². The Morgan fingerprint density at radius 1 is 1.28 bits per heavy atom. The molecule has 3 nitrogen and oxygen atoms in total. The van der Waals surface area contributed by atoms with E-state index in [1.54, 1.807) is 0 Å². The van der Waals surface area contributed by atoms with Gasteiger partial charge in [0.15, 0.2) is 6.33 Å². The fourth-order valence-electron chi connectivity index (χ4n) is 1.87. The van der Waals surface area contributed by atoms with E-state index in [4.69, 9.17) is 0 Å². The van der Waals surface area contributed by atoms with Crippen LogP contribution in [0.5, 0.6) is 0 Å². The van der Waals surface area contributed by atoms with Gasteiger partial charge in [0.1, 0.15) is 11.3 Å². The summed E-state index contributed by atoms with van der Waals surface area (Å²) in [5.41, 5.74) is -4.64. The first-order valence-corrected chi connectivity index (χ1v) is 5.00. The summed E-state index contributed by atoms with van der Waals surface area (Å²) in [4.78, 5) is 5.72. The molecule has 0 amide bonds. The first-order chi connectivity index (χ1) is 8.12. The number of alkyl halides is 3. The normalized spacial score (nSPS) is 13.3. The lowest BCUT2D eigenvalue weighted by atomic mass is 9.91. The number of fused-ring (bicyclic) bond motifs is 1. The van der Waals surface area contributed by atoms with Gasteiger partial charge in [0, 0.05) is 5.56 Å². The van der Waals surface area contributed by atoms with Gasteiger partial charge in [-0.3, -0.25) is 0 Å². The minimum Gasteiger partial charge on any atom is -0.386 e. The van der Waals surface area contributed by atoms with Crippen molar-refractivity contribution < 1.29 is 22.7 Å². The molecule has 0 spiro atoms. The van der Waals surface area contributed by atoms with Gasteiger partial charge in [0.25, 0.3) is 0 Å². The van der Waals surface area contributed by atoms with Crippen LogP contribution in [0.25, 0.3) is 11.0 Å². The maximum Gasteiger partial charge on any atom is 0.419 e. The van der Waals surface area contributed by atoms with Crippen LogP contribution < -0.4 is 0 Å². The summed E-state index contributed by atoms with van der Waals surface area (Å²) >= 11 is 0. The molecular formula is C11H9F4N2O. The highest BCUT2D eigenvalue weighted by Crippen LogP contribution is 2.41. The van der Waals surface area contributed by atoms with Gasteiger partial charge < -0.3 is 10.1 Å². The summed E-state index contributed by atoms with van der Waals surface area (Å²) in [6, 6.07) is 0.862. The minimum absolute atomic E-state index is 0.118. The molecule has 0 aliphatic heterocycles. The molecule has 0 aliphatic rings. The number of aromatic nitrogens is 2. The van der Waals surface area contributed by atoms with Crippen molar-refractivity contribution in [3.63, 3.8) is 0 Å². The van der Waals surface area contributed by atoms with E-state index in [-0.39, 0.29) is 5.52 Å². The molecular weight excluding hydrogens is 252 g/mol. The molecule has 2 rings (SSSR count). The van der Waals surface area contributed by atoms with E-state index < -0.39 is 34.2 Å². The number of imidazole rings is 1. The lowest BCUT2D eigenvalue weighted by Gasteiger charge is -2.23. The average molecular weight is 261 g/mol. The molecule has 1 radical (unpaired) electrons. The fourth-order valence-corrected chi connectivity index (χ4v) is 1.87. The molecule has 2 N–H and O–H groups in total. The quantitative estimate of drug-likeness (QED) is 0.775. The van der Waals surface area contributed by atoms with Gasteiger partial charge in [0.05, 0.1) is 16.7 Å². The number of rotatable bonds is 1. The van der Waals surface area contributed by atoms with Crippen molar-refractivity contribution in [1.82, 2.24) is 9.97 Å². The van der Waals surface area contributed by atoms with Gasteiger partial charge in [0.2, 0.25) is 0 Å². The van der Waals surface area contributed by atoms with Crippen LogP contribution >= 0.6 is 0 Å². The predicted octanol–water partition coefficient (Wildman–Crippen LogP) is 2.75. The highest BCUT2D eigenvalue weighted by atomic mass is 19.4. The summed E-state index contributed by atoms with van der Waals surface area (Å²) in [5.74, 6) is -1.14. The van der Waals surface area contributed by atoms with E-state index >= 15 is 0 Å². The Morgan fingerprint density at radius 3 is 2.39 bits per heavy atom. The molecule has 0 fully saturated rings. The van der Waals surface area contributed by atoms with E-state index in [1.807, 2.05) is 0 Å². The second-order valence-electron chi connectivity index (χ2n) is 4.41. The monoisotopic (exact) mass is 261 g/mol. The fraction of sp³-hybridized carbons (Fsp3) is 0.364. The van der Waals surface area contributed by atoms with E-state index in [0.717, 1.165) is 19.9 Å². The van der Waals surface area contributed by atoms with Gasteiger partial charge in [-0.15, -0.1) is 0 Å². The van der Waals surface area contributed by atoms with Crippen LogP contribution in [-0.4, -0.2) is 15.1 Å². The summed E-state index contributed by atoms with van der Waals surface area (Å²) in [6.07, 6.45) is -2.69. The molecule has 0 unspecified atom stereocenters. The Hall–Kier alpha value is -1.63. The third kappa shape index (κ3) is 1.94. The van der Waals surface area contributed by atoms with Crippen molar-refractivity contribution in [2.75, 3.05) is 0 Å². The van der Waals surface area contributed by atoms with Crippen molar-refractivity contribution in [3.05, 3.63) is 29.3 Å². The van der Waals surface area contributed by atoms with Crippen LogP contribution in [0.3, 0.4) is 0 Å². The van der Waals surface area contributed by atoms with E-state index in [2.05, 4.69) is 16.3 Å². The second kappa shape index (κ2) is 3.68. The summed E-state index contributed by atoms with van der Waals surface area (Å²) in [5, 5.41) is 9.72. The van der Waals surface area contributed by atoms with Crippen molar-refractivity contribution >= 4 is 11.0 Å². The number of aliphatic hydroxyl groups is 1. The first-order valence-electron chi connectivity index (χ1n) is 5.00. The van der Waals surface area contributed by atoms with Crippen LogP contribution in [-0.2, 0) is 11.8 Å². The van der Waals surface area contributed by atoms with Gasteiger partial charge >= 0.3 is 6.18 Å². The molecule has 97 valence electrons. The Labute approximate surface area is 99.5 Å².